The SMILES string of the molecule is CC1CCC(NC(=O)Nc2ccc(Cl)cc2C(=O)O)CC1. The van der Waals surface area contributed by atoms with E-state index in [1.807, 2.05) is 0 Å². The fourth-order valence-corrected chi connectivity index (χ4v) is 2.72. The Morgan fingerprint density at radius 2 is 1.90 bits per heavy atom. The van der Waals surface area contributed by atoms with Crippen molar-refractivity contribution in [3.8, 4) is 0 Å². The molecule has 0 heterocycles. The first-order chi connectivity index (χ1) is 9.95. The van der Waals surface area contributed by atoms with Crippen LogP contribution in [0.1, 0.15) is 43.0 Å². The van der Waals surface area contributed by atoms with Crippen LogP contribution in [0.25, 0.3) is 0 Å². The summed E-state index contributed by atoms with van der Waals surface area (Å²) in [5.74, 6) is -0.416. The number of rotatable bonds is 3. The van der Waals surface area contributed by atoms with Gasteiger partial charge in [-0.25, -0.2) is 9.59 Å². The molecule has 1 aliphatic carbocycles. The van der Waals surface area contributed by atoms with Crippen molar-refractivity contribution in [3.63, 3.8) is 0 Å². The molecule has 21 heavy (non-hydrogen) atoms. The van der Waals surface area contributed by atoms with Gasteiger partial charge in [0.15, 0.2) is 0 Å². The molecule has 0 spiro atoms. The third-order valence-corrected chi connectivity index (χ3v) is 4.05. The summed E-state index contributed by atoms with van der Waals surface area (Å²) in [6.07, 6.45) is 4.13. The van der Waals surface area contributed by atoms with Crippen LogP contribution < -0.4 is 10.6 Å². The van der Waals surface area contributed by atoms with Crippen molar-refractivity contribution in [1.82, 2.24) is 5.32 Å². The number of carboxylic acids is 1. The van der Waals surface area contributed by atoms with Gasteiger partial charge in [-0.1, -0.05) is 18.5 Å². The Morgan fingerprint density at radius 3 is 2.52 bits per heavy atom. The number of hydrogen-bond donors (Lipinski definition) is 3. The maximum Gasteiger partial charge on any atom is 0.337 e. The quantitative estimate of drug-likeness (QED) is 0.795. The Balaban J connectivity index is 1.98. The number of nitrogens with one attached hydrogen (secondary N) is 2. The molecule has 0 saturated heterocycles. The van der Waals surface area contributed by atoms with Crippen molar-refractivity contribution >= 4 is 29.3 Å². The zero-order valence-electron chi connectivity index (χ0n) is 11.9. The summed E-state index contributed by atoms with van der Waals surface area (Å²) in [6.45, 7) is 2.21. The minimum absolute atomic E-state index is 0.0186. The lowest BCUT2D eigenvalue weighted by molar-refractivity contribution is 0.0698. The van der Waals surface area contributed by atoms with Gasteiger partial charge in [0.1, 0.15) is 0 Å². The molecule has 3 N–H and O–H groups in total. The number of aromatic carboxylic acids is 1. The second-order valence-corrected chi connectivity index (χ2v) is 5.99. The second-order valence-electron chi connectivity index (χ2n) is 5.55. The number of anilines is 1. The van der Waals surface area contributed by atoms with Gasteiger partial charge in [-0.2, -0.15) is 0 Å². The average Bonchev–Trinajstić information content (AvgIpc) is 2.43. The minimum Gasteiger partial charge on any atom is -0.478 e. The number of carbonyl (C=O) groups is 2. The largest absolute Gasteiger partial charge is 0.478 e. The molecule has 114 valence electrons. The summed E-state index contributed by atoms with van der Waals surface area (Å²) in [7, 11) is 0. The summed E-state index contributed by atoms with van der Waals surface area (Å²) in [5.41, 5.74) is 0.225. The standard InChI is InChI=1S/C15H19ClN2O3/c1-9-2-5-11(6-3-9)17-15(21)18-13-7-4-10(16)8-12(13)14(19)20/h4,7-9,11H,2-3,5-6H2,1H3,(H,19,20)(H2,17,18,21). The van der Waals surface area contributed by atoms with Crippen molar-refractivity contribution in [2.45, 2.75) is 38.6 Å². The first-order valence-corrected chi connectivity index (χ1v) is 7.44. The number of carbonyl (C=O) groups excluding carboxylic acids is 1. The van der Waals surface area contributed by atoms with Crippen LogP contribution >= 0.6 is 11.6 Å². The molecule has 1 aromatic rings. The molecular weight excluding hydrogens is 292 g/mol. The molecule has 1 aliphatic rings. The van der Waals surface area contributed by atoms with E-state index in [0.717, 1.165) is 25.7 Å². The molecule has 2 amide bonds. The molecule has 0 radical (unpaired) electrons. The van der Waals surface area contributed by atoms with Gasteiger partial charge >= 0.3 is 12.0 Å². The van der Waals surface area contributed by atoms with Crippen LogP contribution in [-0.2, 0) is 0 Å². The minimum atomic E-state index is -1.13. The van der Waals surface area contributed by atoms with Gasteiger partial charge in [0, 0.05) is 11.1 Å². The molecule has 2 rings (SSSR count). The summed E-state index contributed by atoms with van der Waals surface area (Å²) >= 11 is 5.78. The molecule has 0 aromatic heterocycles. The smallest absolute Gasteiger partial charge is 0.337 e. The highest BCUT2D eigenvalue weighted by molar-refractivity contribution is 6.31. The molecule has 6 heteroatoms. The molecular formula is C15H19ClN2O3. The van der Waals surface area contributed by atoms with Gasteiger partial charge < -0.3 is 15.7 Å². The average molecular weight is 311 g/mol. The number of urea groups is 1. The number of amides is 2. The van der Waals surface area contributed by atoms with Gasteiger partial charge in [0.05, 0.1) is 11.3 Å². The van der Waals surface area contributed by atoms with Gasteiger partial charge in [-0.3, -0.25) is 0 Å². The number of carboxylic acid groups (broad SMARTS) is 1. The van der Waals surface area contributed by atoms with E-state index in [1.54, 1.807) is 6.07 Å². The maximum absolute atomic E-state index is 12.0. The van der Waals surface area contributed by atoms with E-state index >= 15 is 0 Å². The lowest BCUT2D eigenvalue weighted by Gasteiger charge is -2.27. The fraction of sp³-hybridized carbons (Fsp3) is 0.467. The predicted octanol–water partition coefficient (Wildman–Crippen LogP) is 3.74. The van der Waals surface area contributed by atoms with Gasteiger partial charge in [-0.05, 0) is 49.8 Å². The Morgan fingerprint density at radius 1 is 1.24 bits per heavy atom. The molecule has 5 nitrogen and oxygen atoms in total. The molecule has 1 fully saturated rings. The number of halogens is 1. The molecule has 0 atom stereocenters. The van der Waals surface area contributed by atoms with Crippen molar-refractivity contribution in [2.75, 3.05) is 5.32 Å². The van der Waals surface area contributed by atoms with Crippen LogP contribution in [0.2, 0.25) is 5.02 Å². The van der Waals surface area contributed by atoms with Crippen LogP contribution in [0.15, 0.2) is 18.2 Å². The fourth-order valence-electron chi connectivity index (χ4n) is 2.55. The summed E-state index contributed by atoms with van der Waals surface area (Å²) in [5, 5.41) is 14.9. The van der Waals surface area contributed by atoms with Crippen LogP contribution in [0, 0.1) is 5.92 Å². The van der Waals surface area contributed by atoms with E-state index < -0.39 is 5.97 Å². The number of benzene rings is 1. The topological polar surface area (TPSA) is 78.4 Å². The van der Waals surface area contributed by atoms with Crippen LogP contribution in [0.4, 0.5) is 10.5 Å². The van der Waals surface area contributed by atoms with Crippen molar-refractivity contribution in [1.29, 1.82) is 0 Å². The highest BCUT2D eigenvalue weighted by Crippen LogP contribution is 2.24. The monoisotopic (exact) mass is 310 g/mol. The van der Waals surface area contributed by atoms with Crippen LogP contribution in [0.5, 0.6) is 0 Å². The van der Waals surface area contributed by atoms with E-state index in [4.69, 9.17) is 16.7 Å². The number of hydrogen-bond acceptors (Lipinski definition) is 2. The maximum atomic E-state index is 12.0. The van der Waals surface area contributed by atoms with Crippen molar-refractivity contribution in [3.05, 3.63) is 28.8 Å². The third-order valence-electron chi connectivity index (χ3n) is 3.81. The van der Waals surface area contributed by atoms with E-state index in [1.165, 1.54) is 12.1 Å². The van der Waals surface area contributed by atoms with Crippen LogP contribution in [-0.4, -0.2) is 23.1 Å². The lowest BCUT2D eigenvalue weighted by atomic mass is 9.87. The molecule has 0 bridgehead atoms. The van der Waals surface area contributed by atoms with Gasteiger partial charge in [-0.15, -0.1) is 0 Å². The van der Waals surface area contributed by atoms with Crippen LogP contribution in [0.3, 0.4) is 0 Å². The highest BCUT2D eigenvalue weighted by atomic mass is 35.5. The molecule has 0 unspecified atom stereocenters. The normalized spacial score (nSPS) is 21.6. The first kappa shape index (κ1) is 15.6. The molecule has 0 aliphatic heterocycles. The highest BCUT2D eigenvalue weighted by Gasteiger charge is 2.20. The summed E-state index contributed by atoms with van der Waals surface area (Å²) < 4.78 is 0. The van der Waals surface area contributed by atoms with E-state index in [2.05, 4.69) is 17.6 Å². The summed E-state index contributed by atoms with van der Waals surface area (Å²) in [6, 6.07) is 4.14. The van der Waals surface area contributed by atoms with E-state index in [0.29, 0.717) is 10.9 Å². The lowest BCUT2D eigenvalue weighted by Crippen LogP contribution is -2.40. The van der Waals surface area contributed by atoms with Gasteiger partial charge in [0.25, 0.3) is 0 Å². The molecule has 1 saturated carbocycles. The van der Waals surface area contributed by atoms with E-state index in [-0.39, 0.29) is 23.3 Å². The summed E-state index contributed by atoms with van der Waals surface area (Å²) in [4.78, 5) is 23.1. The van der Waals surface area contributed by atoms with Gasteiger partial charge in [0.2, 0.25) is 0 Å². The Hall–Kier alpha value is -1.75. The first-order valence-electron chi connectivity index (χ1n) is 7.06. The Kier molecular flexibility index (Phi) is 5.07. The zero-order chi connectivity index (χ0) is 15.4. The van der Waals surface area contributed by atoms with E-state index in [9.17, 15) is 9.59 Å². The second kappa shape index (κ2) is 6.80. The molecule has 1 aromatic carbocycles. The Bertz CT molecular complexity index is 540. The van der Waals surface area contributed by atoms with Crippen molar-refractivity contribution in [2.24, 2.45) is 5.92 Å². The Labute approximate surface area is 128 Å². The predicted molar refractivity (Wildman–Crippen MR) is 82.0 cm³/mol. The van der Waals surface area contributed by atoms with Crippen molar-refractivity contribution < 1.29 is 14.7 Å². The third kappa shape index (κ3) is 4.36. The zero-order valence-corrected chi connectivity index (χ0v) is 12.6.